The summed E-state index contributed by atoms with van der Waals surface area (Å²) >= 11 is 6.05. The first kappa shape index (κ1) is 11.1. The van der Waals surface area contributed by atoms with Gasteiger partial charge in [-0.3, -0.25) is 4.98 Å². The van der Waals surface area contributed by atoms with Crippen molar-refractivity contribution in [2.24, 2.45) is 0 Å². The molecule has 90 valence electrons. The molecule has 0 N–H and O–H groups in total. The second-order valence-electron chi connectivity index (χ2n) is 3.85. The van der Waals surface area contributed by atoms with Gasteiger partial charge in [-0.1, -0.05) is 11.6 Å². The van der Waals surface area contributed by atoms with Gasteiger partial charge in [0.25, 0.3) is 0 Å². The van der Waals surface area contributed by atoms with Crippen molar-refractivity contribution in [2.45, 2.75) is 0 Å². The third kappa shape index (κ3) is 1.83. The van der Waals surface area contributed by atoms with Gasteiger partial charge in [0, 0.05) is 17.8 Å². The van der Waals surface area contributed by atoms with Gasteiger partial charge >= 0.3 is 0 Å². The Hall–Kier alpha value is -2.00. The fourth-order valence-electron chi connectivity index (χ4n) is 1.80. The van der Waals surface area contributed by atoms with E-state index in [0.717, 1.165) is 22.6 Å². The zero-order valence-electron chi connectivity index (χ0n) is 9.68. The summed E-state index contributed by atoms with van der Waals surface area (Å²) < 4.78 is 10.8. The lowest BCUT2D eigenvalue weighted by atomic mass is 10.1. The molecule has 1 aromatic carbocycles. The van der Waals surface area contributed by atoms with Crippen LogP contribution in [-0.2, 0) is 0 Å². The van der Waals surface area contributed by atoms with Crippen molar-refractivity contribution >= 4 is 22.7 Å². The lowest BCUT2D eigenvalue weighted by Gasteiger charge is -2.00. The molecule has 0 saturated carbocycles. The van der Waals surface area contributed by atoms with Crippen molar-refractivity contribution < 1.29 is 9.15 Å². The first-order valence-corrected chi connectivity index (χ1v) is 5.84. The van der Waals surface area contributed by atoms with Crippen molar-refractivity contribution in [1.29, 1.82) is 0 Å². The summed E-state index contributed by atoms with van der Waals surface area (Å²) in [7, 11) is 1.64. The Morgan fingerprint density at radius 1 is 1.17 bits per heavy atom. The maximum Gasteiger partial charge on any atom is 0.171 e. The van der Waals surface area contributed by atoms with Crippen LogP contribution >= 0.6 is 11.6 Å². The summed E-state index contributed by atoms with van der Waals surface area (Å²) in [6.45, 7) is 0. The molecule has 2 heterocycles. The second kappa shape index (κ2) is 4.35. The predicted molar refractivity (Wildman–Crippen MR) is 71.0 cm³/mol. The van der Waals surface area contributed by atoms with Gasteiger partial charge in [0.15, 0.2) is 5.58 Å². The highest BCUT2D eigenvalue weighted by Gasteiger charge is 2.09. The number of fused-ring (bicyclic) bond motifs is 1. The molecule has 0 unspecified atom stereocenters. The van der Waals surface area contributed by atoms with Crippen LogP contribution in [0.15, 0.2) is 47.0 Å². The largest absolute Gasteiger partial charge is 0.497 e. The molecule has 3 aromatic rings. The molecule has 0 aliphatic heterocycles. The molecule has 2 aromatic heterocycles. The highest BCUT2D eigenvalue weighted by Crippen LogP contribution is 2.31. The average Bonchev–Trinajstić information content (AvgIpc) is 2.84. The van der Waals surface area contributed by atoms with Crippen LogP contribution in [0.1, 0.15) is 0 Å². The van der Waals surface area contributed by atoms with Crippen LogP contribution in [-0.4, -0.2) is 12.1 Å². The Morgan fingerprint density at radius 3 is 2.61 bits per heavy atom. The number of rotatable bonds is 2. The van der Waals surface area contributed by atoms with Crippen molar-refractivity contribution in [1.82, 2.24) is 4.98 Å². The highest BCUT2D eigenvalue weighted by atomic mass is 35.5. The monoisotopic (exact) mass is 259 g/mol. The zero-order chi connectivity index (χ0) is 12.5. The van der Waals surface area contributed by atoms with Gasteiger partial charge in [0.05, 0.1) is 12.1 Å². The number of nitrogens with zero attached hydrogens (tertiary/aromatic N) is 1. The number of methoxy groups -OCH3 is 1. The van der Waals surface area contributed by atoms with E-state index in [2.05, 4.69) is 4.98 Å². The lowest BCUT2D eigenvalue weighted by molar-refractivity contribution is 0.415. The second-order valence-corrected chi connectivity index (χ2v) is 4.25. The minimum atomic E-state index is 0.569. The Labute approximate surface area is 109 Å². The number of furan rings is 1. The fraction of sp³-hybridized carbons (Fsp3) is 0.0714. The van der Waals surface area contributed by atoms with Crippen molar-refractivity contribution in [3.8, 4) is 17.1 Å². The van der Waals surface area contributed by atoms with E-state index in [1.165, 1.54) is 0 Å². The van der Waals surface area contributed by atoms with Gasteiger partial charge in [0.1, 0.15) is 17.0 Å². The SMILES string of the molecule is COc1ccc(-c2cc3nccc(Cl)c3o2)cc1. The van der Waals surface area contributed by atoms with E-state index >= 15 is 0 Å². The van der Waals surface area contributed by atoms with Gasteiger partial charge in [-0.15, -0.1) is 0 Å². The molecule has 0 amide bonds. The van der Waals surface area contributed by atoms with Gasteiger partial charge in [-0.2, -0.15) is 0 Å². The first-order chi connectivity index (χ1) is 8.78. The van der Waals surface area contributed by atoms with E-state index in [-0.39, 0.29) is 0 Å². The van der Waals surface area contributed by atoms with Crippen LogP contribution < -0.4 is 4.74 Å². The third-order valence-electron chi connectivity index (χ3n) is 2.74. The van der Waals surface area contributed by atoms with E-state index in [9.17, 15) is 0 Å². The molecule has 0 atom stereocenters. The zero-order valence-corrected chi connectivity index (χ0v) is 10.4. The van der Waals surface area contributed by atoms with Gasteiger partial charge in [-0.05, 0) is 30.3 Å². The summed E-state index contributed by atoms with van der Waals surface area (Å²) in [5.41, 5.74) is 2.34. The number of benzene rings is 1. The number of aromatic nitrogens is 1. The number of halogens is 1. The molecule has 0 aliphatic carbocycles. The molecule has 0 fully saturated rings. The van der Waals surface area contributed by atoms with Crippen LogP contribution in [0, 0.1) is 0 Å². The quantitative estimate of drug-likeness (QED) is 0.693. The molecule has 0 aliphatic rings. The van der Waals surface area contributed by atoms with E-state index in [1.807, 2.05) is 30.3 Å². The Bertz CT molecular complexity index is 689. The molecular weight excluding hydrogens is 250 g/mol. The molecule has 3 rings (SSSR count). The number of pyridine rings is 1. The molecular formula is C14H10ClNO2. The first-order valence-electron chi connectivity index (χ1n) is 5.46. The van der Waals surface area contributed by atoms with Gasteiger partial charge < -0.3 is 9.15 Å². The topological polar surface area (TPSA) is 35.3 Å². The molecule has 0 bridgehead atoms. The maximum absolute atomic E-state index is 6.05. The van der Waals surface area contributed by atoms with Crippen LogP contribution in [0.3, 0.4) is 0 Å². The Balaban J connectivity index is 2.10. The predicted octanol–water partition coefficient (Wildman–Crippen LogP) is 4.16. The normalized spacial score (nSPS) is 10.8. The third-order valence-corrected chi connectivity index (χ3v) is 3.04. The van der Waals surface area contributed by atoms with E-state index in [1.54, 1.807) is 19.4 Å². The van der Waals surface area contributed by atoms with Crippen LogP contribution in [0.2, 0.25) is 5.02 Å². The van der Waals surface area contributed by atoms with Gasteiger partial charge in [0.2, 0.25) is 0 Å². The maximum atomic E-state index is 6.05. The Kier molecular flexibility index (Phi) is 2.68. The summed E-state index contributed by atoms with van der Waals surface area (Å²) in [5.74, 6) is 1.55. The summed E-state index contributed by atoms with van der Waals surface area (Å²) in [6.07, 6.45) is 1.66. The molecule has 0 radical (unpaired) electrons. The average molecular weight is 260 g/mol. The minimum absolute atomic E-state index is 0.569. The van der Waals surface area contributed by atoms with Crippen molar-refractivity contribution in [3.05, 3.63) is 47.6 Å². The summed E-state index contributed by atoms with van der Waals surface area (Å²) in [6, 6.07) is 11.2. The Morgan fingerprint density at radius 2 is 1.94 bits per heavy atom. The van der Waals surface area contributed by atoms with Gasteiger partial charge in [-0.25, -0.2) is 0 Å². The van der Waals surface area contributed by atoms with Crippen LogP contribution in [0.4, 0.5) is 0 Å². The molecule has 18 heavy (non-hydrogen) atoms. The van der Waals surface area contributed by atoms with E-state index in [0.29, 0.717) is 10.6 Å². The minimum Gasteiger partial charge on any atom is -0.497 e. The molecule has 4 heteroatoms. The smallest absolute Gasteiger partial charge is 0.171 e. The fourth-order valence-corrected chi connectivity index (χ4v) is 2.00. The van der Waals surface area contributed by atoms with Crippen molar-refractivity contribution in [3.63, 3.8) is 0 Å². The van der Waals surface area contributed by atoms with Crippen LogP contribution in [0.5, 0.6) is 5.75 Å². The molecule has 0 spiro atoms. The number of ether oxygens (including phenoxy) is 1. The van der Waals surface area contributed by atoms with Crippen LogP contribution in [0.25, 0.3) is 22.4 Å². The molecule has 0 saturated heterocycles. The lowest BCUT2D eigenvalue weighted by Crippen LogP contribution is -1.81. The summed E-state index contributed by atoms with van der Waals surface area (Å²) in [5, 5.41) is 0.569. The highest BCUT2D eigenvalue weighted by molar-refractivity contribution is 6.34. The number of hydrogen-bond donors (Lipinski definition) is 0. The summed E-state index contributed by atoms with van der Waals surface area (Å²) in [4.78, 5) is 4.22. The van der Waals surface area contributed by atoms with E-state index < -0.39 is 0 Å². The number of hydrogen-bond acceptors (Lipinski definition) is 3. The van der Waals surface area contributed by atoms with Crippen molar-refractivity contribution in [2.75, 3.05) is 7.11 Å². The van der Waals surface area contributed by atoms with E-state index in [4.69, 9.17) is 20.8 Å². The molecule has 3 nitrogen and oxygen atoms in total. The standard InChI is InChI=1S/C14H10ClNO2/c1-17-10-4-2-9(3-5-10)13-8-12-14(18-13)11(15)6-7-16-12/h2-8H,1H3.